The van der Waals surface area contributed by atoms with Crippen LogP contribution < -0.4 is 0 Å². The minimum absolute atomic E-state index is 0.190. The van der Waals surface area contributed by atoms with Gasteiger partial charge in [-0.2, -0.15) is 0 Å². The number of carbonyl (C=O) groups is 1. The van der Waals surface area contributed by atoms with E-state index in [0.717, 1.165) is 12.8 Å². The van der Waals surface area contributed by atoms with Crippen LogP contribution in [0.1, 0.15) is 19.3 Å². The molecule has 1 aliphatic rings. The van der Waals surface area contributed by atoms with Crippen LogP contribution in [0, 0.1) is 0 Å². The summed E-state index contributed by atoms with van der Waals surface area (Å²) in [5, 5.41) is 0. The number of likely N-dealkylation sites (tertiary alicyclic amines) is 1. The Hall–Kier alpha value is -0.710. The topological polar surface area (TPSA) is 23.6 Å². The third-order valence-corrected chi connectivity index (χ3v) is 2.61. The van der Waals surface area contributed by atoms with Crippen LogP contribution in [-0.4, -0.2) is 55.4 Å². The lowest BCUT2D eigenvalue weighted by molar-refractivity contribution is -0.139. The summed E-state index contributed by atoms with van der Waals surface area (Å²) < 4.78 is 25.3. The Bertz CT molecular complexity index is 221. The van der Waals surface area contributed by atoms with E-state index in [1.54, 1.807) is 19.0 Å². The van der Waals surface area contributed by atoms with E-state index in [2.05, 4.69) is 0 Å². The summed E-state index contributed by atoms with van der Waals surface area (Å²) in [7, 11) is 3.53. The predicted octanol–water partition coefficient (Wildman–Crippen LogP) is 1.19. The number of likely N-dealkylation sites (N-methyl/N-ethyl adjacent to an activating group) is 1. The lowest BCUT2D eigenvalue weighted by atomic mass is 10.0. The van der Waals surface area contributed by atoms with Crippen molar-refractivity contribution in [1.29, 1.82) is 0 Å². The molecule has 1 aliphatic heterocycles. The molecule has 1 heterocycles. The van der Waals surface area contributed by atoms with Crippen molar-refractivity contribution < 1.29 is 13.6 Å². The van der Waals surface area contributed by atoms with Crippen LogP contribution in [-0.2, 0) is 4.79 Å². The molecule has 0 spiro atoms. The molecule has 3 nitrogen and oxygen atoms in total. The van der Waals surface area contributed by atoms with Gasteiger partial charge in [-0.15, -0.1) is 0 Å². The first-order valence-corrected chi connectivity index (χ1v) is 5.24. The zero-order chi connectivity index (χ0) is 11.4. The first-order chi connectivity index (χ1) is 7.02. The highest BCUT2D eigenvalue weighted by molar-refractivity contribution is 5.78. The number of alkyl halides is 2. The van der Waals surface area contributed by atoms with E-state index in [9.17, 15) is 13.6 Å². The van der Waals surface area contributed by atoms with Gasteiger partial charge in [-0.05, 0) is 33.4 Å². The zero-order valence-electron chi connectivity index (χ0n) is 9.25. The molecule has 0 aromatic rings. The van der Waals surface area contributed by atoms with Gasteiger partial charge in [0.05, 0.1) is 12.6 Å². The van der Waals surface area contributed by atoms with Gasteiger partial charge in [-0.3, -0.25) is 4.79 Å². The van der Waals surface area contributed by atoms with E-state index in [1.807, 2.05) is 0 Å². The molecule has 1 atom stereocenters. The molecule has 0 N–H and O–H groups in total. The van der Waals surface area contributed by atoms with E-state index >= 15 is 0 Å². The fourth-order valence-electron chi connectivity index (χ4n) is 1.89. The monoisotopic (exact) mass is 220 g/mol. The average Bonchev–Trinajstić information content (AvgIpc) is 2.16. The quantitative estimate of drug-likeness (QED) is 0.713. The van der Waals surface area contributed by atoms with Gasteiger partial charge in [0.25, 0.3) is 6.43 Å². The predicted molar refractivity (Wildman–Crippen MR) is 53.9 cm³/mol. The minimum Gasteiger partial charge on any atom is -0.333 e. The molecule has 1 unspecified atom stereocenters. The Labute approximate surface area is 89.0 Å². The summed E-state index contributed by atoms with van der Waals surface area (Å²) in [4.78, 5) is 14.7. The molecular formula is C10H18F2N2O. The van der Waals surface area contributed by atoms with Crippen LogP contribution in [0.5, 0.6) is 0 Å². The van der Waals surface area contributed by atoms with Gasteiger partial charge in [0.2, 0.25) is 5.91 Å². The van der Waals surface area contributed by atoms with Crippen LogP contribution in [0.4, 0.5) is 8.78 Å². The van der Waals surface area contributed by atoms with Gasteiger partial charge < -0.3 is 9.80 Å². The lowest BCUT2D eigenvalue weighted by Crippen LogP contribution is -2.50. The third-order valence-electron chi connectivity index (χ3n) is 2.61. The molecule has 0 aromatic heterocycles. The molecular weight excluding hydrogens is 202 g/mol. The number of hydrogen-bond acceptors (Lipinski definition) is 2. The normalized spacial score (nSPS) is 22.5. The molecule has 88 valence electrons. The number of hydrogen-bond donors (Lipinski definition) is 0. The van der Waals surface area contributed by atoms with Crippen molar-refractivity contribution >= 4 is 5.91 Å². The first kappa shape index (κ1) is 12.4. The Morgan fingerprint density at radius 3 is 2.67 bits per heavy atom. The lowest BCUT2D eigenvalue weighted by Gasteiger charge is -2.35. The number of rotatable bonds is 3. The van der Waals surface area contributed by atoms with Gasteiger partial charge >= 0.3 is 0 Å². The number of halogens is 2. The largest absolute Gasteiger partial charge is 0.333 e. The molecule has 0 bridgehead atoms. The second-order valence-electron chi connectivity index (χ2n) is 4.22. The summed E-state index contributed by atoms with van der Waals surface area (Å²) in [5.41, 5.74) is 0. The Kier molecular flexibility index (Phi) is 4.45. The van der Waals surface area contributed by atoms with Gasteiger partial charge in [-0.1, -0.05) is 0 Å². The summed E-state index contributed by atoms with van der Waals surface area (Å²) in [5.74, 6) is -0.190. The molecule has 1 saturated heterocycles. The van der Waals surface area contributed by atoms with Crippen molar-refractivity contribution in [1.82, 2.24) is 9.80 Å². The standard InChI is InChI=1S/C10H18F2N2O/c1-13(2)7-9(15)14-6-4-3-5-8(14)10(11)12/h8,10H,3-7H2,1-2H3. The molecule has 0 aliphatic carbocycles. The Balaban J connectivity index is 2.59. The third kappa shape index (κ3) is 3.41. The van der Waals surface area contributed by atoms with Gasteiger partial charge in [-0.25, -0.2) is 8.78 Å². The van der Waals surface area contributed by atoms with E-state index in [0.29, 0.717) is 13.0 Å². The first-order valence-electron chi connectivity index (χ1n) is 5.24. The number of amides is 1. The molecule has 5 heteroatoms. The van der Waals surface area contributed by atoms with E-state index in [4.69, 9.17) is 0 Å². The fourth-order valence-corrected chi connectivity index (χ4v) is 1.89. The maximum Gasteiger partial charge on any atom is 0.258 e. The molecule has 1 fully saturated rings. The molecule has 0 radical (unpaired) electrons. The molecule has 1 rings (SSSR count). The van der Waals surface area contributed by atoms with E-state index in [1.165, 1.54) is 4.90 Å². The Morgan fingerprint density at radius 2 is 2.13 bits per heavy atom. The second kappa shape index (κ2) is 5.39. The Morgan fingerprint density at radius 1 is 1.47 bits per heavy atom. The van der Waals surface area contributed by atoms with Crippen molar-refractivity contribution in [2.24, 2.45) is 0 Å². The summed E-state index contributed by atoms with van der Waals surface area (Å²) in [6.45, 7) is 0.685. The SMILES string of the molecule is CN(C)CC(=O)N1CCCCC1C(F)F. The van der Waals surface area contributed by atoms with Crippen molar-refractivity contribution in [3.05, 3.63) is 0 Å². The second-order valence-corrected chi connectivity index (χ2v) is 4.22. The fraction of sp³-hybridized carbons (Fsp3) is 0.900. The van der Waals surface area contributed by atoms with Crippen molar-refractivity contribution in [3.63, 3.8) is 0 Å². The number of nitrogens with zero attached hydrogens (tertiary/aromatic N) is 2. The van der Waals surface area contributed by atoms with Crippen molar-refractivity contribution in [2.75, 3.05) is 27.2 Å². The molecule has 1 amide bonds. The van der Waals surface area contributed by atoms with Gasteiger partial charge in [0.15, 0.2) is 0 Å². The van der Waals surface area contributed by atoms with Crippen LogP contribution in [0.2, 0.25) is 0 Å². The van der Waals surface area contributed by atoms with Crippen LogP contribution in [0.25, 0.3) is 0 Å². The molecule has 15 heavy (non-hydrogen) atoms. The van der Waals surface area contributed by atoms with Crippen LogP contribution in [0.3, 0.4) is 0 Å². The maximum atomic E-state index is 12.7. The van der Waals surface area contributed by atoms with Crippen molar-refractivity contribution in [3.8, 4) is 0 Å². The minimum atomic E-state index is -2.42. The van der Waals surface area contributed by atoms with Gasteiger partial charge in [0.1, 0.15) is 0 Å². The van der Waals surface area contributed by atoms with E-state index < -0.39 is 12.5 Å². The van der Waals surface area contributed by atoms with Crippen LogP contribution >= 0.6 is 0 Å². The maximum absolute atomic E-state index is 12.7. The van der Waals surface area contributed by atoms with E-state index in [-0.39, 0.29) is 12.5 Å². The highest BCUT2D eigenvalue weighted by Gasteiger charge is 2.32. The summed E-state index contributed by atoms with van der Waals surface area (Å²) in [6.07, 6.45) is -0.364. The number of carbonyl (C=O) groups excluding carboxylic acids is 1. The van der Waals surface area contributed by atoms with Crippen LogP contribution in [0.15, 0.2) is 0 Å². The highest BCUT2D eigenvalue weighted by atomic mass is 19.3. The van der Waals surface area contributed by atoms with Gasteiger partial charge in [0, 0.05) is 6.54 Å². The zero-order valence-corrected chi connectivity index (χ0v) is 9.25. The molecule has 0 saturated carbocycles. The molecule has 0 aromatic carbocycles. The average molecular weight is 220 g/mol. The summed E-state index contributed by atoms with van der Waals surface area (Å²) in [6, 6.07) is -0.869. The van der Waals surface area contributed by atoms with Crippen molar-refractivity contribution in [2.45, 2.75) is 31.7 Å². The summed E-state index contributed by atoms with van der Waals surface area (Å²) >= 11 is 0. The number of piperidine rings is 1. The highest BCUT2D eigenvalue weighted by Crippen LogP contribution is 2.22. The smallest absolute Gasteiger partial charge is 0.258 e.